The van der Waals surface area contributed by atoms with Crippen LogP contribution >= 0.6 is 0 Å². The molecule has 5 nitrogen and oxygen atoms in total. The Morgan fingerprint density at radius 1 is 1.42 bits per heavy atom. The zero-order valence-corrected chi connectivity index (χ0v) is 10.1. The lowest BCUT2D eigenvalue weighted by Crippen LogP contribution is -2.14. The Labute approximate surface area is 106 Å². The van der Waals surface area contributed by atoms with Crippen molar-refractivity contribution >= 4 is 11.5 Å². The molecular weight excluding hydrogens is 267 g/mol. The quantitative estimate of drug-likeness (QED) is 0.481. The highest BCUT2D eigenvalue weighted by Gasteiger charge is 2.39. The molecule has 1 aromatic rings. The van der Waals surface area contributed by atoms with Crippen LogP contribution in [0.25, 0.3) is 0 Å². The van der Waals surface area contributed by atoms with Gasteiger partial charge in [0.15, 0.2) is 5.78 Å². The number of benzene rings is 1. The number of Topliss-reactive ketones (excluding diaryl/α,β-unsaturated/α-hetero) is 1. The van der Waals surface area contributed by atoms with E-state index >= 15 is 0 Å². The van der Waals surface area contributed by atoms with Crippen molar-refractivity contribution in [2.24, 2.45) is 0 Å². The number of carbonyl (C=O) groups excluding carboxylic acids is 1. The van der Waals surface area contributed by atoms with Crippen molar-refractivity contribution in [3.05, 3.63) is 33.4 Å². The molecule has 104 valence electrons. The summed E-state index contributed by atoms with van der Waals surface area (Å²) in [5.41, 5.74) is -3.23. The smallest absolute Gasteiger partial charge is 0.417 e. The van der Waals surface area contributed by atoms with E-state index in [1.54, 1.807) is 0 Å². The number of alkyl halides is 3. The summed E-state index contributed by atoms with van der Waals surface area (Å²) in [6.07, 6.45) is -4.88. The van der Waals surface area contributed by atoms with Crippen molar-refractivity contribution in [2.45, 2.75) is 20.0 Å². The van der Waals surface area contributed by atoms with Crippen LogP contribution in [0.4, 0.5) is 18.9 Å². The van der Waals surface area contributed by atoms with Gasteiger partial charge in [0.1, 0.15) is 11.3 Å². The maximum atomic E-state index is 12.8. The van der Waals surface area contributed by atoms with Crippen molar-refractivity contribution in [2.75, 3.05) is 6.61 Å². The van der Waals surface area contributed by atoms with Crippen LogP contribution in [0.15, 0.2) is 12.1 Å². The van der Waals surface area contributed by atoms with Gasteiger partial charge in [-0.15, -0.1) is 0 Å². The van der Waals surface area contributed by atoms with Crippen LogP contribution in [0.5, 0.6) is 5.75 Å². The van der Waals surface area contributed by atoms with Gasteiger partial charge in [0.25, 0.3) is 5.69 Å². The average molecular weight is 277 g/mol. The second-order valence-electron chi connectivity index (χ2n) is 3.61. The van der Waals surface area contributed by atoms with Crippen molar-refractivity contribution in [1.82, 2.24) is 0 Å². The van der Waals surface area contributed by atoms with E-state index in [2.05, 4.69) is 0 Å². The van der Waals surface area contributed by atoms with E-state index in [1.165, 1.54) is 6.92 Å². The summed E-state index contributed by atoms with van der Waals surface area (Å²) in [7, 11) is 0. The first-order chi connectivity index (χ1) is 8.68. The van der Waals surface area contributed by atoms with Crippen LogP contribution in [-0.4, -0.2) is 17.3 Å². The Hall–Kier alpha value is -2.12. The van der Waals surface area contributed by atoms with Crippen LogP contribution in [-0.2, 0) is 6.18 Å². The van der Waals surface area contributed by atoms with Gasteiger partial charge in [-0.25, -0.2) is 0 Å². The highest BCUT2D eigenvalue weighted by molar-refractivity contribution is 6.00. The van der Waals surface area contributed by atoms with E-state index < -0.39 is 33.7 Å². The second kappa shape index (κ2) is 5.25. The molecule has 0 aliphatic rings. The van der Waals surface area contributed by atoms with Crippen molar-refractivity contribution in [3.63, 3.8) is 0 Å². The predicted molar refractivity (Wildman–Crippen MR) is 59.3 cm³/mol. The summed E-state index contributed by atoms with van der Waals surface area (Å²) < 4.78 is 43.4. The molecule has 0 aliphatic heterocycles. The third-order valence-electron chi connectivity index (χ3n) is 2.26. The Balaban J connectivity index is 3.66. The number of nitro groups is 1. The normalized spacial score (nSPS) is 11.2. The summed E-state index contributed by atoms with van der Waals surface area (Å²) in [6, 6.07) is 1.41. The number of ether oxygens (including phenoxy) is 1. The molecule has 0 fully saturated rings. The second-order valence-corrected chi connectivity index (χ2v) is 3.61. The molecule has 0 saturated carbocycles. The topological polar surface area (TPSA) is 69.4 Å². The van der Waals surface area contributed by atoms with Crippen LogP contribution in [0.1, 0.15) is 29.8 Å². The first-order valence-electron chi connectivity index (χ1n) is 5.21. The predicted octanol–water partition coefficient (Wildman–Crippen LogP) is 3.21. The zero-order chi connectivity index (χ0) is 14.8. The average Bonchev–Trinajstić information content (AvgIpc) is 2.26. The molecule has 8 heteroatoms. The largest absolute Gasteiger partial charge is 0.494 e. The highest BCUT2D eigenvalue weighted by Crippen LogP contribution is 2.39. The van der Waals surface area contributed by atoms with E-state index in [0.717, 1.165) is 13.0 Å². The van der Waals surface area contributed by atoms with Gasteiger partial charge in [0, 0.05) is 0 Å². The minimum Gasteiger partial charge on any atom is -0.494 e. The van der Waals surface area contributed by atoms with Gasteiger partial charge in [-0.2, -0.15) is 13.2 Å². The lowest BCUT2D eigenvalue weighted by atomic mass is 10.0. The van der Waals surface area contributed by atoms with Crippen LogP contribution in [0, 0.1) is 10.1 Å². The molecule has 0 N–H and O–H groups in total. The molecule has 0 amide bonds. The molecule has 0 bridgehead atoms. The summed E-state index contributed by atoms with van der Waals surface area (Å²) in [5, 5.41) is 10.8. The number of nitro benzene ring substituents is 1. The number of halogens is 3. The number of hydrogen-bond acceptors (Lipinski definition) is 4. The lowest BCUT2D eigenvalue weighted by molar-refractivity contribution is -0.385. The summed E-state index contributed by atoms with van der Waals surface area (Å²) in [4.78, 5) is 21.0. The number of hydrogen-bond donors (Lipinski definition) is 0. The molecule has 1 aromatic carbocycles. The number of nitrogens with zero attached hydrogens (tertiary/aromatic N) is 1. The minimum atomic E-state index is -4.88. The summed E-state index contributed by atoms with van der Waals surface area (Å²) in [6.45, 7) is 2.42. The van der Waals surface area contributed by atoms with Gasteiger partial charge < -0.3 is 4.74 Å². The molecule has 0 heterocycles. The summed E-state index contributed by atoms with van der Waals surface area (Å²) in [5.74, 6) is -1.33. The highest BCUT2D eigenvalue weighted by atomic mass is 19.4. The fraction of sp³-hybridized carbons (Fsp3) is 0.364. The molecule has 0 aromatic heterocycles. The van der Waals surface area contributed by atoms with Gasteiger partial charge in [-0.1, -0.05) is 0 Å². The van der Waals surface area contributed by atoms with Gasteiger partial charge >= 0.3 is 6.18 Å². The zero-order valence-electron chi connectivity index (χ0n) is 10.1. The maximum Gasteiger partial charge on any atom is 0.417 e. The fourth-order valence-corrected chi connectivity index (χ4v) is 1.59. The Kier molecular flexibility index (Phi) is 4.13. The van der Waals surface area contributed by atoms with Crippen LogP contribution in [0.3, 0.4) is 0 Å². The maximum absolute atomic E-state index is 12.8. The minimum absolute atomic E-state index is 0.0495. The Morgan fingerprint density at radius 3 is 2.37 bits per heavy atom. The SMILES string of the molecule is CCOc1cc([N+](=O)[O-])c(C(C)=O)c(C(F)(F)F)c1. The van der Waals surface area contributed by atoms with E-state index in [4.69, 9.17) is 4.74 Å². The first kappa shape index (κ1) is 14.9. The molecule has 0 radical (unpaired) electrons. The first-order valence-corrected chi connectivity index (χ1v) is 5.21. The molecule has 1 rings (SSSR count). The standard InChI is InChI=1S/C11H10F3NO4/c1-3-19-7-4-8(11(12,13)14)10(6(2)16)9(5-7)15(17)18/h4-5H,3H2,1-2H3. The number of rotatable bonds is 4. The molecule has 0 aliphatic carbocycles. The Bertz CT molecular complexity index is 525. The molecular formula is C11H10F3NO4. The molecule has 0 spiro atoms. The van der Waals surface area contributed by atoms with Crippen molar-refractivity contribution < 1.29 is 27.6 Å². The van der Waals surface area contributed by atoms with E-state index in [9.17, 15) is 28.1 Å². The van der Waals surface area contributed by atoms with Crippen molar-refractivity contribution in [1.29, 1.82) is 0 Å². The molecule has 0 unspecified atom stereocenters. The molecule has 0 atom stereocenters. The van der Waals surface area contributed by atoms with Gasteiger partial charge in [-0.3, -0.25) is 14.9 Å². The van der Waals surface area contributed by atoms with E-state index in [0.29, 0.717) is 6.07 Å². The Morgan fingerprint density at radius 2 is 2.00 bits per heavy atom. The van der Waals surface area contributed by atoms with Crippen molar-refractivity contribution in [3.8, 4) is 5.75 Å². The third-order valence-corrected chi connectivity index (χ3v) is 2.26. The third kappa shape index (κ3) is 3.21. The molecule has 0 saturated heterocycles. The van der Waals surface area contributed by atoms with Gasteiger partial charge in [0.2, 0.25) is 0 Å². The van der Waals surface area contributed by atoms with Gasteiger partial charge in [-0.05, 0) is 19.9 Å². The van der Waals surface area contributed by atoms with E-state index in [-0.39, 0.29) is 12.4 Å². The monoisotopic (exact) mass is 277 g/mol. The van der Waals surface area contributed by atoms with Gasteiger partial charge in [0.05, 0.1) is 23.2 Å². The van der Waals surface area contributed by atoms with Crippen LogP contribution in [0.2, 0.25) is 0 Å². The number of carbonyl (C=O) groups is 1. The fourth-order valence-electron chi connectivity index (χ4n) is 1.59. The number of ketones is 1. The molecule has 19 heavy (non-hydrogen) atoms. The van der Waals surface area contributed by atoms with Crippen LogP contribution < -0.4 is 4.74 Å². The summed E-state index contributed by atoms with van der Waals surface area (Å²) >= 11 is 0. The lowest BCUT2D eigenvalue weighted by Gasteiger charge is -2.13. The van der Waals surface area contributed by atoms with E-state index in [1.807, 2.05) is 0 Å².